The molecule has 0 aliphatic heterocycles. The molecule has 1 fully saturated rings. The molecule has 0 radical (unpaired) electrons. The standard InChI is InChI=1S/C29H27F8N3O3S/c1-26-14-18-15-38-40(21-7-5-20(30)6-8-21)23(18)13-19(26)10-12-27(26,41)11-9-17-3-2-4-22(31)24(17)25(29(35,36)37)39-44(42,43)16-28(32,33)34/h2-8,13,15,25,39,41H,9-12,14,16H2,1H3. The van der Waals surface area contributed by atoms with E-state index in [1.54, 1.807) is 29.9 Å². The van der Waals surface area contributed by atoms with Crippen molar-refractivity contribution in [2.24, 2.45) is 5.41 Å². The molecule has 0 bridgehead atoms. The van der Waals surface area contributed by atoms with Crippen LogP contribution in [-0.2, 0) is 22.9 Å². The van der Waals surface area contributed by atoms with Gasteiger partial charge in [-0.1, -0.05) is 24.6 Å². The van der Waals surface area contributed by atoms with Gasteiger partial charge in [0.15, 0.2) is 5.75 Å². The molecule has 1 aromatic heterocycles. The fraction of sp³-hybridized carbons (Fsp3) is 0.414. The van der Waals surface area contributed by atoms with Gasteiger partial charge < -0.3 is 5.11 Å². The first-order valence-electron chi connectivity index (χ1n) is 13.5. The molecular formula is C29H27F8N3O3S. The molecule has 238 valence electrons. The Bertz CT molecular complexity index is 1700. The average Bonchev–Trinajstić information content (AvgIpc) is 3.41. The smallest absolute Gasteiger partial charge is 0.389 e. The molecule has 2 aliphatic carbocycles. The van der Waals surface area contributed by atoms with Gasteiger partial charge in [0, 0.05) is 11.0 Å². The number of benzene rings is 2. The van der Waals surface area contributed by atoms with E-state index in [9.17, 15) is 48.6 Å². The number of hydrogen-bond acceptors (Lipinski definition) is 4. The molecule has 44 heavy (non-hydrogen) atoms. The van der Waals surface area contributed by atoms with Crippen LogP contribution in [0.25, 0.3) is 11.8 Å². The SMILES string of the molecule is CC12Cc3cnn(-c4ccc(F)cc4)c3C=C1CCC2(O)CCc1cccc(F)c1C(NS(=O)(=O)CC(F)(F)F)C(F)(F)F. The lowest BCUT2D eigenvalue weighted by atomic mass is 9.65. The maximum absolute atomic E-state index is 15.0. The van der Waals surface area contributed by atoms with Crippen LogP contribution in [0, 0.1) is 17.0 Å². The van der Waals surface area contributed by atoms with Gasteiger partial charge in [-0.15, -0.1) is 0 Å². The quantitative estimate of drug-likeness (QED) is 0.279. The molecule has 0 saturated heterocycles. The Morgan fingerprint density at radius 1 is 1.07 bits per heavy atom. The highest BCUT2D eigenvalue weighted by atomic mass is 32.2. The lowest BCUT2D eigenvalue weighted by molar-refractivity contribution is -0.154. The van der Waals surface area contributed by atoms with Gasteiger partial charge in [0.25, 0.3) is 0 Å². The predicted molar refractivity (Wildman–Crippen MR) is 144 cm³/mol. The molecular weight excluding hydrogens is 622 g/mol. The van der Waals surface area contributed by atoms with Crippen LogP contribution in [0.2, 0.25) is 0 Å². The van der Waals surface area contributed by atoms with Crippen LogP contribution >= 0.6 is 0 Å². The van der Waals surface area contributed by atoms with Gasteiger partial charge in [0.05, 0.1) is 23.2 Å². The van der Waals surface area contributed by atoms with E-state index in [1.807, 2.05) is 6.08 Å². The van der Waals surface area contributed by atoms with Crippen LogP contribution in [0.4, 0.5) is 35.1 Å². The third kappa shape index (κ3) is 6.13. The molecule has 1 heterocycles. The van der Waals surface area contributed by atoms with E-state index in [2.05, 4.69) is 5.10 Å². The van der Waals surface area contributed by atoms with E-state index in [0.717, 1.165) is 33.7 Å². The maximum atomic E-state index is 15.0. The summed E-state index contributed by atoms with van der Waals surface area (Å²) in [6.45, 7) is 1.81. The Labute approximate surface area is 247 Å². The Hall–Kier alpha value is -3.30. The van der Waals surface area contributed by atoms with E-state index in [4.69, 9.17) is 0 Å². The highest BCUT2D eigenvalue weighted by Gasteiger charge is 2.55. The zero-order chi connectivity index (χ0) is 32.3. The second-order valence-corrected chi connectivity index (χ2v) is 13.2. The van der Waals surface area contributed by atoms with Crippen LogP contribution in [0.5, 0.6) is 0 Å². The summed E-state index contributed by atoms with van der Waals surface area (Å²) in [5, 5.41) is 16.3. The van der Waals surface area contributed by atoms with E-state index in [-0.39, 0.29) is 24.8 Å². The number of sulfonamides is 1. The van der Waals surface area contributed by atoms with Crippen molar-refractivity contribution in [3.05, 3.63) is 88.3 Å². The Morgan fingerprint density at radius 3 is 2.39 bits per heavy atom. The van der Waals surface area contributed by atoms with Gasteiger partial charge >= 0.3 is 12.4 Å². The zero-order valence-corrected chi connectivity index (χ0v) is 23.9. The molecule has 3 atom stereocenters. The molecule has 2 N–H and O–H groups in total. The van der Waals surface area contributed by atoms with Crippen molar-refractivity contribution in [2.45, 2.75) is 63.0 Å². The van der Waals surface area contributed by atoms with Crippen molar-refractivity contribution >= 4 is 16.1 Å². The van der Waals surface area contributed by atoms with Crippen molar-refractivity contribution in [1.29, 1.82) is 0 Å². The van der Waals surface area contributed by atoms with Crippen LogP contribution < -0.4 is 4.72 Å². The highest BCUT2D eigenvalue weighted by molar-refractivity contribution is 7.89. The second-order valence-electron chi connectivity index (χ2n) is 11.4. The van der Waals surface area contributed by atoms with Gasteiger partial charge in [-0.2, -0.15) is 36.2 Å². The minimum Gasteiger partial charge on any atom is -0.389 e. The molecule has 0 spiro atoms. The van der Waals surface area contributed by atoms with Crippen LogP contribution in [-0.4, -0.2) is 47.0 Å². The number of hydrogen-bond donors (Lipinski definition) is 2. The number of rotatable bonds is 8. The number of aryl methyl sites for hydroxylation is 1. The third-order valence-electron chi connectivity index (χ3n) is 8.57. The Morgan fingerprint density at radius 2 is 1.75 bits per heavy atom. The number of nitrogens with zero attached hydrogens (tertiary/aromatic N) is 2. The number of alkyl halides is 6. The largest absolute Gasteiger partial charge is 0.408 e. The van der Waals surface area contributed by atoms with Gasteiger partial charge in [0.1, 0.15) is 17.7 Å². The molecule has 2 aliphatic rings. The summed E-state index contributed by atoms with van der Waals surface area (Å²) in [4.78, 5) is 0. The molecule has 3 aromatic rings. The molecule has 1 saturated carbocycles. The van der Waals surface area contributed by atoms with Crippen molar-refractivity contribution in [3.8, 4) is 5.69 Å². The zero-order valence-electron chi connectivity index (χ0n) is 23.1. The first kappa shape index (κ1) is 32.1. The number of nitrogens with one attached hydrogen (secondary N) is 1. The minimum absolute atomic E-state index is 0.154. The highest BCUT2D eigenvalue weighted by Crippen LogP contribution is 2.57. The molecule has 0 amide bonds. The summed E-state index contributed by atoms with van der Waals surface area (Å²) in [7, 11) is -5.57. The lowest BCUT2D eigenvalue weighted by Crippen LogP contribution is -2.45. The van der Waals surface area contributed by atoms with E-state index in [1.165, 1.54) is 12.1 Å². The van der Waals surface area contributed by atoms with Crippen LogP contribution in [0.1, 0.15) is 54.6 Å². The molecule has 2 aromatic carbocycles. The lowest BCUT2D eigenvalue weighted by Gasteiger charge is -2.42. The van der Waals surface area contributed by atoms with Crippen LogP contribution in [0.15, 0.2) is 54.2 Å². The minimum atomic E-state index is -5.57. The van der Waals surface area contributed by atoms with Gasteiger partial charge in [-0.25, -0.2) is 21.9 Å². The number of aromatic nitrogens is 2. The van der Waals surface area contributed by atoms with E-state index >= 15 is 0 Å². The van der Waals surface area contributed by atoms with Crippen molar-refractivity contribution in [3.63, 3.8) is 0 Å². The Kier molecular flexibility index (Phi) is 7.99. The number of halogens is 8. The number of fused-ring (bicyclic) bond motifs is 2. The monoisotopic (exact) mass is 649 g/mol. The first-order valence-corrected chi connectivity index (χ1v) is 15.1. The maximum Gasteiger partial charge on any atom is 0.408 e. The molecule has 3 unspecified atom stereocenters. The third-order valence-corrected chi connectivity index (χ3v) is 9.88. The normalized spacial score (nSPS) is 22.8. The summed E-state index contributed by atoms with van der Waals surface area (Å²) in [5.41, 5.74) is -0.863. The summed E-state index contributed by atoms with van der Waals surface area (Å²) in [5.74, 6) is -4.45. The Balaban J connectivity index is 1.43. The van der Waals surface area contributed by atoms with Gasteiger partial charge in [-0.05, 0) is 79.6 Å². The summed E-state index contributed by atoms with van der Waals surface area (Å²) < 4.78 is 135. The first-order chi connectivity index (χ1) is 20.3. The second kappa shape index (κ2) is 10.9. The fourth-order valence-corrected chi connectivity index (χ4v) is 7.43. The summed E-state index contributed by atoms with van der Waals surface area (Å²) in [6, 6.07) is 5.31. The number of aliphatic hydroxyl groups is 1. The predicted octanol–water partition coefficient (Wildman–Crippen LogP) is 6.34. The van der Waals surface area contributed by atoms with Crippen molar-refractivity contribution in [1.82, 2.24) is 14.5 Å². The summed E-state index contributed by atoms with van der Waals surface area (Å²) >= 11 is 0. The van der Waals surface area contributed by atoms with Crippen molar-refractivity contribution in [2.75, 3.05) is 5.75 Å². The van der Waals surface area contributed by atoms with E-state index < -0.39 is 62.4 Å². The van der Waals surface area contributed by atoms with Crippen molar-refractivity contribution < 1.29 is 48.6 Å². The summed E-state index contributed by atoms with van der Waals surface area (Å²) in [6.07, 6.45) is -6.86. The average molecular weight is 650 g/mol. The van der Waals surface area contributed by atoms with Gasteiger partial charge in [0.2, 0.25) is 10.0 Å². The van der Waals surface area contributed by atoms with Gasteiger partial charge in [-0.3, -0.25) is 0 Å². The van der Waals surface area contributed by atoms with Crippen LogP contribution in [0.3, 0.4) is 0 Å². The molecule has 15 heteroatoms. The fourth-order valence-electron chi connectivity index (χ4n) is 6.31. The topological polar surface area (TPSA) is 84.2 Å². The van der Waals surface area contributed by atoms with E-state index in [0.29, 0.717) is 24.6 Å². The molecule has 5 rings (SSSR count). The molecule has 6 nitrogen and oxygen atoms in total.